The van der Waals surface area contributed by atoms with Crippen molar-refractivity contribution in [1.29, 1.82) is 0 Å². The summed E-state index contributed by atoms with van der Waals surface area (Å²) >= 11 is 1.44. The minimum atomic E-state index is -3.90. The molecule has 5 heterocycles. The van der Waals surface area contributed by atoms with Gasteiger partial charge in [-0.15, -0.1) is 11.3 Å². The molecule has 3 aliphatic carbocycles. The van der Waals surface area contributed by atoms with Crippen LogP contribution < -0.4 is 20.1 Å². The first-order valence-electron chi connectivity index (χ1n) is 19.1. The van der Waals surface area contributed by atoms with Gasteiger partial charge in [0.2, 0.25) is 27.7 Å². The molecule has 5 atom stereocenters. The Kier molecular flexibility index (Phi) is 10.4. The quantitative estimate of drug-likeness (QED) is 0.280. The molecule has 1 saturated heterocycles. The predicted molar refractivity (Wildman–Crippen MR) is 200 cm³/mol. The molecule has 0 bridgehead atoms. The summed E-state index contributed by atoms with van der Waals surface area (Å²) in [4.78, 5) is 75.8. The van der Waals surface area contributed by atoms with Crippen molar-refractivity contribution in [2.24, 2.45) is 5.92 Å². The van der Waals surface area contributed by atoms with Crippen LogP contribution in [0.3, 0.4) is 0 Å². The van der Waals surface area contributed by atoms with Gasteiger partial charge < -0.3 is 25.0 Å². The topological polar surface area (TPSA) is 212 Å². The molecule has 4 amide bonds. The van der Waals surface area contributed by atoms with Crippen LogP contribution in [0.15, 0.2) is 42.2 Å². The zero-order chi connectivity index (χ0) is 38.2. The van der Waals surface area contributed by atoms with E-state index in [9.17, 15) is 27.6 Å². The maximum atomic E-state index is 14.6. The van der Waals surface area contributed by atoms with Crippen molar-refractivity contribution in [3.8, 4) is 16.5 Å². The third-order valence-corrected chi connectivity index (χ3v) is 13.8. The van der Waals surface area contributed by atoms with Crippen molar-refractivity contribution in [1.82, 2.24) is 40.2 Å². The lowest BCUT2D eigenvalue weighted by atomic mass is 10.0. The molecule has 5 aliphatic rings. The Morgan fingerprint density at radius 3 is 2.62 bits per heavy atom. The van der Waals surface area contributed by atoms with Crippen molar-refractivity contribution < 1.29 is 37.1 Å². The first-order valence-corrected chi connectivity index (χ1v) is 21.5. The van der Waals surface area contributed by atoms with Crippen LogP contribution in [0.2, 0.25) is 0 Å². The number of alkyl carbamates (subject to hydrolysis) is 1. The van der Waals surface area contributed by atoms with E-state index in [0.29, 0.717) is 49.0 Å². The number of fused-ring (bicyclic) bond motifs is 3. The number of carbonyl (C=O) groups is 4. The summed E-state index contributed by atoms with van der Waals surface area (Å²) in [6.07, 6.45) is 12.9. The molecule has 18 heteroatoms. The number of ether oxygens (including phenoxy) is 2. The Balaban J connectivity index is 1.10. The standard InChI is InChI=1S/C37H44N8O8S2/c46-32-28-17-24(52-33-30(29-13-8-16-54-29)40-27-19-38-21-39-31(27)42-33)20-45(28)34(47)26(41-36(49)53-23-10-6-7-11-23)12-5-3-1-2-4-9-22-18-37(22,43-32)35(48)44-55(50,51)25-14-15-25/h4,8-9,13,16,19,21-26,28H,1-3,5-7,10-12,14-15,17-18,20H2,(H,41,49)(H,43,46)(H,44,48)/b9-4-/t22-,24-,26+,28+,37-/m1/s1. The number of allylic oxidation sites excluding steroid dienone is 1. The fraction of sp³-hybridized carbons (Fsp3) is 0.568. The lowest BCUT2D eigenvalue weighted by molar-refractivity contribution is -0.141. The zero-order valence-electron chi connectivity index (χ0n) is 30.2. The van der Waals surface area contributed by atoms with Crippen molar-refractivity contribution in [3.63, 3.8) is 0 Å². The molecule has 55 heavy (non-hydrogen) atoms. The molecule has 0 unspecified atom stereocenters. The number of hydrogen-bond acceptors (Lipinski definition) is 13. The third-order valence-electron chi connectivity index (χ3n) is 11.1. The first kappa shape index (κ1) is 37.2. The van der Waals surface area contributed by atoms with E-state index in [-0.39, 0.29) is 31.4 Å². The lowest BCUT2D eigenvalue weighted by Gasteiger charge is -2.30. The zero-order valence-corrected chi connectivity index (χ0v) is 31.9. The van der Waals surface area contributed by atoms with E-state index >= 15 is 0 Å². The van der Waals surface area contributed by atoms with Gasteiger partial charge in [-0.05, 0) is 75.7 Å². The smallest absolute Gasteiger partial charge is 0.408 e. The molecule has 3 aromatic rings. The number of thiophene rings is 1. The van der Waals surface area contributed by atoms with E-state index in [1.807, 2.05) is 29.7 Å². The van der Waals surface area contributed by atoms with Gasteiger partial charge in [0.05, 0.1) is 22.9 Å². The van der Waals surface area contributed by atoms with Crippen molar-refractivity contribution in [2.75, 3.05) is 6.54 Å². The van der Waals surface area contributed by atoms with Crippen molar-refractivity contribution in [2.45, 2.75) is 119 Å². The lowest BCUT2D eigenvalue weighted by Crippen LogP contribution is -2.58. The van der Waals surface area contributed by atoms with E-state index in [1.165, 1.54) is 22.6 Å². The number of sulfonamides is 1. The van der Waals surface area contributed by atoms with Gasteiger partial charge in [-0.2, -0.15) is 4.98 Å². The van der Waals surface area contributed by atoms with Gasteiger partial charge in [-0.1, -0.05) is 31.1 Å². The van der Waals surface area contributed by atoms with Crippen LogP contribution in [0.25, 0.3) is 21.7 Å². The summed E-state index contributed by atoms with van der Waals surface area (Å²) in [5.74, 6) is -2.18. The molecular weight excluding hydrogens is 749 g/mol. The van der Waals surface area contributed by atoms with Crippen LogP contribution in [0.5, 0.6) is 5.88 Å². The number of rotatable bonds is 8. The molecule has 3 aromatic heterocycles. The molecular formula is C37H44N8O8S2. The minimum absolute atomic E-state index is 0.0166. The van der Waals surface area contributed by atoms with Gasteiger partial charge in [0.1, 0.15) is 47.4 Å². The van der Waals surface area contributed by atoms with Gasteiger partial charge in [0, 0.05) is 12.3 Å². The molecule has 0 spiro atoms. The SMILES string of the molecule is O=C(N[C@H]1CCCCC/C=C\[C@@H]2C[C@@]2(C(=O)NS(=O)(=O)C2CC2)NC(=O)[C@@H]2C[C@@H](Oc3nc4ncncc4nc3-c3cccs3)CN2C1=O)OC1CCCC1. The van der Waals surface area contributed by atoms with Crippen molar-refractivity contribution in [3.05, 3.63) is 42.2 Å². The number of hydrogen-bond donors (Lipinski definition) is 3. The second-order valence-corrected chi connectivity index (χ2v) is 18.0. The summed E-state index contributed by atoms with van der Waals surface area (Å²) in [7, 11) is -3.90. The first-order chi connectivity index (χ1) is 26.6. The molecule has 2 aliphatic heterocycles. The molecule has 3 saturated carbocycles. The molecule has 8 rings (SSSR count). The maximum Gasteiger partial charge on any atom is 0.408 e. The fourth-order valence-electron chi connectivity index (χ4n) is 7.79. The number of amides is 4. The summed E-state index contributed by atoms with van der Waals surface area (Å²) in [6, 6.07) is 1.63. The number of aromatic nitrogens is 4. The summed E-state index contributed by atoms with van der Waals surface area (Å²) < 4.78 is 40.1. The highest BCUT2D eigenvalue weighted by Crippen LogP contribution is 2.46. The van der Waals surface area contributed by atoms with E-state index in [0.717, 1.165) is 43.4 Å². The second kappa shape index (κ2) is 15.4. The molecule has 0 radical (unpaired) electrons. The highest BCUT2D eigenvalue weighted by atomic mass is 32.2. The highest BCUT2D eigenvalue weighted by molar-refractivity contribution is 7.91. The molecule has 0 aromatic carbocycles. The Morgan fingerprint density at radius 2 is 1.84 bits per heavy atom. The molecule has 4 fully saturated rings. The van der Waals surface area contributed by atoms with Crippen molar-refractivity contribution >= 4 is 56.3 Å². The van der Waals surface area contributed by atoms with Crippen LogP contribution in [-0.4, -0.2) is 98.7 Å². The van der Waals surface area contributed by atoms with E-state index < -0.39 is 68.7 Å². The predicted octanol–water partition coefficient (Wildman–Crippen LogP) is 3.54. The van der Waals surface area contributed by atoms with Gasteiger partial charge in [0.15, 0.2) is 5.65 Å². The van der Waals surface area contributed by atoms with Crippen LogP contribution >= 0.6 is 11.3 Å². The molecule has 3 N–H and O–H groups in total. The van der Waals surface area contributed by atoms with Gasteiger partial charge in [0.25, 0.3) is 5.91 Å². The second-order valence-electron chi connectivity index (χ2n) is 15.1. The molecule has 292 valence electrons. The largest absolute Gasteiger partial charge is 0.471 e. The van der Waals surface area contributed by atoms with E-state index in [4.69, 9.17) is 14.5 Å². The van der Waals surface area contributed by atoms with Gasteiger partial charge in [-0.3, -0.25) is 19.1 Å². The number of nitrogens with zero attached hydrogens (tertiary/aromatic N) is 5. The van der Waals surface area contributed by atoms with Crippen LogP contribution in [0.1, 0.15) is 83.5 Å². The summed E-state index contributed by atoms with van der Waals surface area (Å²) in [5.41, 5.74) is -0.293. The van der Waals surface area contributed by atoms with Crippen LogP contribution in [-0.2, 0) is 29.1 Å². The highest BCUT2D eigenvalue weighted by Gasteiger charge is 2.62. The average Bonchev–Trinajstić information content (AvgIpc) is 3.90. The maximum absolute atomic E-state index is 14.6. The van der Waals surface area contributed by atoms with Crippen LogP contribution in [0.4, 0.5) is 4.79 Å². The van der Waals surface area contributed by atoms with E-state index in [2.05, 4.69) is 30.3 Å². The Hall–Kier alpha value is -4.71. The summed E-state index contributed by atoms with van der Waals surface area (Å²) in [5, 5.41) is 6.96. The Morgan fingerprint density at radius 1 is 1.02 bits per heavy atom. The number of nitrogens with one attached hydrogen (secondary N) is 3. The fourth-order valence-corrected chi connectivity index (χ4v) is 9.86. The Bertz CT molecular complexity index is 2090. The Labute approximate surface area is 322 Å². The molecule has 16 nitrogen and oxygen atoms in total. The monoisotopic (exact) mass is 792 g/mol. The number of carbonyl (C=O) groups excluding carboxylic acids is 4. The normalized spacial score (nSPS) is 28.3. The van der Waals surface area contributed by atoms with Gasteiger partial charge in [-0.25, -0.2) is 28.2 Å². The van der Waals surface area contributed by atoms with E-state index in [1.54, 1.807) is 6.20 Å². The third kappa shape index (κ3) is 8.15. The van der Waals surface area contributed by atoms with Crippen LogP contribution in [0, 0.1) is 5.92 Å². The average molecular weight is 793 g/mol. The summed E-state index contributed by atoms with van der Waals surface area (Å²) in [6.45, 7) is -0.0429. The minimum Gasteiger partial charge on any atom is -0.471 e. The van der Waals surface area contributed by atoms with Gasteiger partial charge >= 0.3 is 6.09 Å².